The lowest BCUT2D eigenvalue weighted by Crippen LogP contribution is -2.56. The molecule has 2 rings (SSSR count). The number of hydrogen-bond donors (Lipinski definition) is 5. The number of amidine groups is 1. The Morgan fingerprint density at radius 2 is 1.92 bits per heavy atom. The zero-order chi connectivity index (χ0) is 18.5. The maximum absolute atomic E-state index is 12.0. The molecule has 0 radical (unpaired) electrons. The van der Waals surface area contributed by atoms with Crippen LogP contribution in [0.15, 0.2) is 4.99 Å². The van der Waals surface area contributed by atoms with Gasteiger partial charge in [0.1, 0.15) is 18.9 Å². The van der Waals surface area contributed by atoms with E-state index in [1.807, 2.05) is 0 Å². The van der Waals surface area contributed by atoms with Crippen LogP contribution in [-0.4, -0.2) is 82.8 Å². The van der Waals surface area contributed by atoms with Crippen molar-refractivity contribution in [3.05, 3.63) is 0 Å². The molecule has 5 atom stereocenters. The van der Waals surface area contributed by atoms with Crippen LogP contribution >= 0.6 is 0 Å². The van der Waals surface area contributed by atoms with Crippen LogP contribution in [0.4, 0.5) is 17.6 Å². The summed E-state index contributed by atoms with van der Waals surface area (Å²) in [6.45, 7) is -0.778. The van der Waals surface area contributed by atoms with Gasteiger partial charge in [-0.1, -0.05) is 0 Å². The Morgan fingerprint density at radius 1 is 1.33 bits per heavy atom. The second-order valence-corrected chi connectivity index (χ2v) is 5.16. The van der Waals surface area contributed by atoms with E-state index in [0.717, 1.165) is 0 Å². The lowest BCUT2D eigenvalue weighted by Gasteiger charge is -2.37. The second-order valence-electron chi connectivity index (χ2n) is 5.16. The highest BCUT2D eigenvalue weighted by Crippen LogP contribution is 2.30. The minimum atomic E-state index is -5.08. The Labute approximate surface area is 133 Å². The first kappa shape index (κ1) is 20.4. The molecule has 5 N–H and O–H groups in total. The number of aliphatic carboxylic acids is 1. The minimum Gasteiger partial charge on any atom is -0.475 e. The van der Waals surface area contributed by atoms with Crippen LogP contribution < -0.4 is 5.32 Å². The highest BCUT2D eigenvalue weighted by atomic mass is 19.4. The monoisotopic (exact) mass is 362 g/mol. The van der Waals surface area contributed by atoms with Crippen LogP contribution in [0, 0.1) is 5.92 Å². The first-order valence-electron chi connectivity index (χ1n) is 6.92. The summed E-state index contributed by atoms with van der Waals surface area (Å²) in [4.78, 5) is 12.7. The summed E-state index contributed by atoms with van der Waals surface area (Å²) in [6, 6.07) is -0.256. The average molecular weight is 362 g/mol. The third-order valence-corrected chi connectivity index (χ3v) is 3.51. The van der Waals surface area contributed by atoms with Crippen LogP contribution in [0.1, 0.15) is 6.42 Å². The topological polar surface area (TPSA) is 132 Å². The molecule has 12 heteroatoms. The number of aliphatic hydroxyl groups excluding tert-OH is 3. The maximum Gasteiger partial charge on any atom is 0.490 e. The number of nitrogens with zero attached hydrogens (tertiary/aromatic N) is 1. The highest BCUT2D eigenvalue weighted by Gasteiger charge is 2.48. The van der Waals surface area contributed by atoms with Gasteiger partial charge in [0.2, 0.25) is 0 Å². The van der Waals surface area contributed by atoms with E-state index in [1.54, 1.807) is 0 Å². The summed E-state index contributed by atoms with van der Waals surface area (Å²) in [5, 5.41) is 38.6. The van der Waals surface area contributed by atoms with Gasteiger partial charge in [0.25, 0.3) is 6.02 Å². The quantitative estimate of drug-likeness (QED) is 0.409. The molecule has 1 saturated heterocycles. The van der Waals surface area contributed by atoms with Gasteiger partial charge in [0, 0.05) is 12.5 Å². The van der Waals surface area contributed by atoms with Gasteiger partial charge in [0.15, 0.2) is 0 Å². The van der Waals surface area contributed by atoms with Gasteiger partial charge < -0.3 is 30.5 Å². The zero-order valence-corrected chi connectivity index (χ0v) is 12.3. The molecule has 0 amide bonds. The molecule has 8 nitrogen and oxygen atoms in total. The molecule has 2 fully saturated rings. The summed E-state index contributed by atoms with van der Waals surface area (Å²) in [5.41, 5.74) is 0. The third kappa shape index (κ3) is 5.18. The standard InChI is InChI=1S/C10H17FN2O4.C2HF3O2/c11-1-2-12-10-13-7-6(17-10)3-5(4-14)8(15)9(7)16;3-2(4,5)1(6)7/h5-9,14-16H,1-4H2,(H,12,13);(H,6,7)/t5-,6+,7+,8-,9-;/m1./s1. The van der Waals surface area contributed by atoms with Crippen LogP contribution in [-0.2, 0) is 9.53 Å². The number of nitrogens with one attached hydrogen (secondary N) is 1. The summed E-state index contributed by atoms with van der Waals surface area (Å²) in [7, 11) is 0. The van der Waals surface area contributed by atoms with E-state index in [2.05, 4.69) is 10.3 Å². The number of alkyl halides is 4. The molecule has 1 aliphatic carbocycles. The smallest absolute Gasteiger partial charge is 0.475 e. The first-order valence-corrected chi connectivity index (χ1v) is 6.92. The largest absolute Gasteiger partial charge is 0.490 e. The lowest BCUT2D eigenvalue weighted by atomic mass is 9.80. The number of aliphatic imine (C=N–C) groups is 1. The number of carboxylic acids is 1. The van der Waals surface area contributed by atoms with E-state index in [9.17, 15) is 27.8 Å². The SMILES string of the molecule is O=C(O)C(F)(F)F.OC[C@H]1C[C@@H]2OC(=NCCF)N[C@@H]2[C@@H](O)[C@@H]1O. The molecule has 0 bridgehead atoms. The van der Waals surface area contributed by atoms with Gasteiger partial charge in [-0.05, 0) is 6.42 Å². The second kappa shape index (κ2) is 8.44. The molecule has 0 aromatic rings. The minimum absolute atomic E-state index is 0.00382. The number of ether oxygens (including phenoxy) is 1. The predicted octanol–water partition coefficient (Wildman–Crippen LogP) is -0.964. The Kier molecular flexibility index (Phi) is 7.17. The van der Waals surface area contributed by atoms with Gasteiger partial charge >= 0.3 is 12.1 Å². The van der Waals surface area contributed by atoms with E-state index >= 15 is 0 Å². The van der Waals surface area contributed by atoms with Crippen molar-refractivity contribution in [3.63, 3.8) is 0 Å². The van der Waals surface area contributed by atoms with Crippen LogP contribution in [0.2, 0.25) is 0 Å². The van der Waals surface area contributed by atoms with E-state index in [0.29, 0.717) is 6.42 Å². The van der Waals surface area contributed by atoms with Crippen LogP contribution in [0.5, 0.6) is 0 Å². The van der Waals surface area contributed by atoms with E-state index in [-0.39, 0.29) is 25.3 Å². The summed E-state index contributed by atoms with van der Waals surface area (Å²) in [5.74, 6) is -3.17. The molecule has 1 aliphatic heterocycles. The Balaban J connectivity index is 0.000000351. The Hall–Kier alpha value is -1.66. The Bertz CT molecular complexity index is 461. The number of carboxylic acid groups (broad SMARTS) is 1. The molecule has 0 spiro atoms. The fourth-order valence-corrected chi connectivity index (χ4v) is 2.32. The molecule has 24 heavy (non-hydrogen) atoms. The van der Waals surface area contributed by atoms with Crippen LogP contribution in [0.25, 0.3) is 0 Å². The van der Waals surface area contributed by atoms with Gasteiger partial charge in [-0.25, -0.2) is 14.2 Å². The van der Waals surface area contributed by atoms with Crippen molar-refractivity contribution in [3.8, 4) is 0 Å². The molecule has 0 aromatic heterocycles. The van der Waals surface area contributed by atoms with Gasteiger partial charge in [-0.15, -0.1) is 0 Å². The summed E-state index contributed by atoms with van der Waals surface area (Å²) >= 11 is 0. The summed E-state index contributed by atoms with van der Waals surface area (Å²) in [6.07, 6.45) is -7.01. The zero-order valence-electron chi connectivity index (χ0n) is 12.3. The number of fused-ring (bicyclic) bond motifs is 1. The molecular weight excluding hydrogens is 344 g/mol. The van der Waals surface area contributed by atoms with Crippen molar-refractivity contribution in [1.29, 1.82) is 0 Å². The number of aliphatic hydroxyl groups is 3. The molecular formula is C12H18F4N2O6. The lowest BCUT2D eigenvalue weighted by molar-refractivity contribution is -0.192. The normalized spacial score (nSPS) is 33.8. The van der Waals surface area contributed by atoms with Crippen molar-refractivity contribution in [1.82, 2.24) is 5.32 Å². The average Bonchev–Trinajstić information content (AvgIpc) is 2.91. The van der Waals surface area contributed by atoms with Gasteiger partial charge in [0.05, 0.1) is 18.7 Å². The number of rotatable bonds is 3. The molecule has 2 aliphatic rings. The summed E-state index contributed by atoms with van der Waals surface area (Å²) < 4.78 is 49.1. The fourth-order valence-electron chi connectivity index (χ4n) is 2.32. The van der Waals surface area contributed by atoms with E-state index in [4.69, 9.17) is 19.7 Å². The first-order chi connectivity index (χ1) is 11.1. The third-order valence-electron chi connectivity index (χ3n) is 3.51. The Morgan fingerprint density at radius 3 is 2.38 bits per heavy atom. The molecule has 1 saturated carbocycles. The van der Waals surface area contributed by atoms with Crippen molar-refractivity contribution in [2.75, 3.05) is 19.8 Å². The number of hydrogen-bond acceptors (Lipinski definition) is 6. The van der Waals surface area contributed by atoms with Crippen molar-refractivity contribution in [2.45, 2.75) is 37.0 Å². The van der Waals surface area contributed by atoms with Crippen molar-refractivity contribution < 1.29 is 47.5 Å². The number of carbonyl (C=O) groups is 1. The van der Waals surface area contributed by atoms with Gasteiger partial charge in [-0.3, -0.25) is 0 Å². The van der Waals surface area contributed by atoms with E-state index in [1.165, 1.54) is 0 Å². The van der Waals surface area contributed by atoms with E-state index < -0.39 is 43.0 Å². The predicted molar refractivity (Wildman–Crippen MR) is 71.0 cm³/mol. The van der Waals surface area contributed by atoms with Gasteiger partial charge in [-0.2, -0.15) is 13.2 Å². The molecule has 140 valence electrons. The fraction of sp³-hybridized carbons (Fsp3) is 0.833. The van der Waals surface area contributed by atoms with Crippen molar-refractivity contribution >= 4 is 12.0 Å². The molecule has 0 unspecified atom stereocenters. The van der Waals surface area contributed by atoms with Crippen molar-refractivity contribution in [2.24, 2.45) is 10.9 Å². The maximum atomic E-state index is 12.0. The van der Waals surface area contributed by atoms with Crippen LogP contribution in [0.3, 0.4) is 0 Å². The molecule has 1 heterocycles. The molecule has 0 aromatic carbocycles. The number of halogens is 4. The highest BCUT2D eigenvalue weighted by molar-refractivity contribution is 5.76.